The molecule has 0 aliphatic rings. The van der Waals surface area contributed by atoms with Gasteiger partial charge in [-0.15, -0.1) is 0 Å². The summed E-state index contributed by atoms with van der Waals surface area (Å²) in [5.41, 5.74) is 5.22. The summed E-state index contributed by atoms with van der Waals surface area (Å²) in [7, 11) is -3.15. The van der Waals surface area contributed by atoms with Gasteiger partial charge >= 0.3 is 0 Å². The van der Waals surface area contributed by atoms with Gasteiger partial charge in [-0.1, -0.05) is 13.8 Å². The van der Waals surface area contributed by atoms with Gasteiger partial charge in [0.25, 0.3) is 0 Å². The van der Waals surface area contributed by atoms with Crippen molar-refractivity contribution < 1.29 is 13.5 Å². The van der Waals surface area contributed by atoms with E-state index in [-0.39, 0.29) is 18.3 Å². The van der Waals surface area contributed by atoms with Crippen molar-refractivity contribution in [3.63, 3.8) is 0 Å². The van der Waals surface area contributed by atoms with Gasteiger partial charge in [-0.2, -0.15) is 0 Å². The van der Waals surface area contributed by atoms with Gasteiger partial charge in [0.15, 0.2) is 9.84 Å². The fraction of sp³-hybridized carbons (Fsp3) is 1.00. The Hall–Kier alpha value is -0.130. The molecule has 0 saturated heterocycles. The lowest BCUT2D eigenvalue weighted by Crippen LogP contribution is -2.42. The number of aliphatic hydroxyl groups is 1. The summed E-state index contributed by atoms with van der Waals surface area (Å²) in [6, 6.07) is 0. The normalized spacial score (nSPS) is 17.2. The maximum atomic E-state index is 12.0. The average Bonchev–Trinajstić information content (AvgIpc) is 2.17. The minimum atomic E-state index is -3.15. The van der Waals surface area contributed by atoms with Crippen LogP contribution in [0.25, 0.3) is 0 Å². The molecule has 0 spiro atoms. The molecule has 0 aromatic rings. The zero-order chi connectivity index (χ0) is 13.9. The van der Waals surface area contributed by atoms with E-state index in [4.69, 9.17) is 5.73 Å². The van der Waals surface area contributed by atoms with Crippen molar-refractivity contribution in [1.82, 2.24) is 0 Å². The van der Waals surface area contributed by atoms with E-state index in [1.54, 1.807) is 20.8 Å². The average molecular weight is 265 g/mol. The molecular formula is C12H27NO3S. The molecule has 0 amide bonds. The van der Waals surface area contributed by atoms with Gasteiger partial charge in [0, 0.05) is 12.0 Å². The van der Waals surface area contributed by atoms with Gasteiger partial charge in [-0.3, -0.25) is 0 Å². The Balaban J connectivity index is 4.87. The maximum Gasteiger partial charge on any atom is 0.155 e. The molecule has 3 N–H and O–H groups in total. The molecule has 0 radical (unpaired) electrons. The molecule has 5 heteroatoms. The summed E-state index contributed by atoms with van der Waals surface area (Å²) in [4.78, 5) is 0. The maximum absolute atomic E-state index is 12.0. The molecule has 0 heterocycles. The highest BCUT2D eigenvalue weighted by Crippen LogP contribution is 2.32. The van der Waals surface area contributed by atoms with E-state index in [0.717, 1.165) is 0 Å². The second-order valence-electron chi connectivity index (χ2n) is 6.06. The van der Waals surface area contributed by atoms with Crippen LogP contribution in [0.15, 0.2) is 0 Å². The summed E-state index contributed by atoms with van der Waals surface area (Å²) in [6.45, 7) is 9.25. The topological polar surface area (TPSA) is 80.4 Å². The molecule has 0 aliphatic heterocycles. The smallest absolute Gasteiger partial charge is 0.155 e. The van der Waals surface area contributed by atoms with E-state index >= 15 is 0 Å². The number of hydrogen-bond donors (Lipinski definition) is 2. The third kappa shape index (κ3) is 3.93. The van der Waals surface area contributed by atoms with E-state index in [1.165, 1.54) is 0 Å². The lowest BCUT2D eigenvalue weighted by Gasteiger charge is -2.35. The van der Waals surface area contributed by atoms with Crippen molar-refractivity contribution in [2.75, 3.05) is 18.9 Å². The lowest BCUT2D eigenvalue weighted by atomic mass is 9.76. The van der Waals surface area contributed by atoms with Crippen LogP contribution < -0.4 is 5.73 Å². The van der Waals surface area contributed by atoms with Crippen molar-refractivity contribution in [1.29, 1.82) is 0 Å². The number of rotatable bonds is 6. The molecule has 0 aromatic heterocycles. The zero-order valence-electron chi connectivity index (χ0n) is 11.7. The Kier molecular flexibility index (Phi) is 5.63. The number of aliphatic hydroxyl groups excluding tert-OH is 1. The summed E-state index contributed by atoms with van der Waals surface area (Å²) in [6.07, 6.45) is 0.414. The molecule has 0 aliphatic carbocycles. The van der Waals surface area contributed by atoms with Gasteiger partial charge in [0.2, 0.25) is 0 Å². The fourth-order valence-corrected chi connectivity index (χ4v) is 2.88. The molecule has 104 valence electrons. The van der Waals surface area contributed by atoms with Crippen LogP contribution in [0.2, 0.25) is 0 Å². The van der Waals surface area contributed by atoms with Crippen molar-refractivity contribution in [2.45, 2.75) is 45.8 Å². The molecule has 4 nitrogen and oxygen atoms in total. The van der Waals surface area contributed by atoms with Crippen molar-refractivity contribution in [3.05, 3.63) is 0 Å². The molecule has 1 unspecified atom stereocenters. The van der Waals surface area contributed by atoms with E-state index in [9.17, 15) is 13.5 Å². The minimum Gasteiger partial charge on any atom is -0.396 e. The second kappa shape index (κ2) is 5.67. The Labute approximate surface area is 106 Å². The van der Waals surface area contributed by atoms with E-state index in [2.05, 4.69) is 0 Å². The highest BCUT2D eigenvalue weighted by Gasteiger charge is 2.36. The Morgan fingerprint density at radius 1 is 1.24 bits per heavy atom. The van der Waals surface area contributed by atoms with Crippen molar-refractivity contribution in [2.24, 2.45) is 17.1 Å². The van der Waals surface area contributed by atoms with Crippen LogP contribution in [0.5, 0.6) is 0 Å². The van der Waals surface area contributed by atoms with Crippen molar-refractivity contribution in [3.8, 4) is 0 Å². The summed E-state index contributed by atoms with van der Waals surface area (Å²) in [5.74, 6) is 0.236. The van der Waals surface area contributed by atoms with Crippen LogP contribution in [-0.4, -0.2) is 37.2 Å². The third-order valence-corrected chi connectivity index (χ3v) is 6.36. The van der Waals surface area contributed by atoms with Gasteiger partial charge in [0.1, 0.15) is 0 Å². The number of nitrogens with two attached hydrogens (primary N) is 1. The first-order valence-corrected chi connectivity index (χ1v) is 7.71. The van der Waals surface area contributed by atoms with Gasteiger partial charge < -0.3 is 10.8 Å². The van der Waals surface area contributed by atoms with Crippen LogP contribution in [0.3, 0.4) is 0 Å². The monoisotopic (exact) mass is 265 g/mol. The van der Waals surface area contributed by atoms with Crippen molar-refractivity contribution >= 4 is 9.84 Å². The number of hydrogen-bond acceptors (Lipinski definition) is 4. The first-order chi connectivity index (χ1) is 7.52. The molecule has 1 atom stereocenters. The van der Waals surface area contributed by atoms with E-state index < -0.39 is 20.0 Å². The van der Waals surface area contributed by atoms with Crippen LogP contribution in [0.1, 0.15) is 41.0 Å². The van der Waals surface area contributed by atoms with Crippen LogP contribution in [-0.2, 0) is 9.84 Å². The second-order valence-corrected chi connectivity index (χ2v) is 8.92. The van der Waals surface area contributed by atoms with Gasteiger partial charge in [0.05, 0.1) is 17.1 Å². The highest BCUT2D eigenvalue weighted by molar-refractivity contribution is 7.92. The molecule has 0 rings (SSSR count). The largest absolute Gasteiger partial charge is 0.396 e. The quantitative estimate of drug-likeness (QED) is 0.756. The fourth-order valence-electron chi connectivity index (χ4n) is 1.60. The molecular weight excluding hydrogens is 238 g/mol. The molecule has 0 fully saturated rings. The first kappa shape index (κ1) is 16.9. The third-order valence-electron chi connectivity index (χ3n) is 3.75. The van der Waals surface area contributed by atoms with E-state index in [1.807, 2.05) is 13.8 Å². The number of sulfone groups is 1. The SMILES string of the molecule is CC(C)C(CN)(CO)CCS(=O)(=O)C(C)(C)C. The van der Waals surface area contributed by atoms with Crippen LogP contribution >= 0.6 is 0 Å². The zero-order valence-corrected chi connectivity index (χ0v) is 12.5. The Morgan fingerprint density at radius 2 is 1.71 bits per heavy atom. The predicted octanol–water partition coefficient (Wildman–Crippen LogP) is 1.18. The van der Waals surface area contributed by atoms with Crippen LogP contribution in [0, 0.1) is 11.3 Å². The lowest BCUT2D eigenvalue weighted by molar-refractivity contribution is 0.0808. The molecule has 0 bridgehead atoms. The first-order valence-electron chi connectivity index (χ1n) is 6.05. The summed E-state index contributed by atoms with van der Waals surface area (Å²) in [5, 5.41) is 9.47. The highest BCUT2D eigenvalue weighted by atomic mass is 32.2. The van der Waals surface area contributed by atoms with Crippen LogP contribution in [0.4, 0.5) is 0 Å². The van der Waals surface area contributed by atoms with Gasteiger partial charge in [-0.05, 0) is 33.1 Å². The molecule has 17 heavy (non-hydrogen) atoms. The summed E-state index contributed by atoms with van der Waals surface area (Å²) < 4.78 is 23.3. The minimum absolute atomic E-state index is 0.0686. The van der Waals surface area contributed by atoms with Gasteiger partial charge in [-0.25, -0.2) is 8.42 Å². The van der Waals surface area contributed by atoms with E-state index in [0.29, 0.717) is 13.0 Å². The molecule has 0 saturated carbocycles. The Morgan fingerprint density at radius 3 is 1.94 bits per heavy atom. The standard InChI is InChI=1S/C12H27NO3S/c1-10(2)12(8-13,9-14)6-7-17(15,16)11(3,4)5/h10,14H,6-9,13H2,1-5H3. The molecule has 0 aromatic carbocycles. The predicted molar refractivity (Wildman–Crippen MR) is 71.6 cm³/mol. The Bertz CT molecular complexity index is 324. The summed E-state index contributed by atoms with van der Waals surface area (Å²) >= 11 is 0.